The Kier molecular flexibility index (Phi) is 2.41. The van der Waals surface area contributed by atoms with Gasteiger partial charge < -0.3 is 4.42 Å². The molecule has 15 heavy (non-hydrogen) atoms. The van der Waals surface area contributed by atoms with Crippen LogP contribution >= 0.6 is 0 Å². The first kappa shape index (κ1) is 9.71. The monoisotopic (exact) mass is 204 g/mol. The van der Waals surface area contributed by atoms with Gasteiger partial charge in [0.1, 0.15) is 5.76 Å². The smallest absolute Gasteiger partial charge is 0.199 e. The Morgan fingerprint density at radius 2 is 2.40 bits per heavy atom. The summed E-state index contributed by atoms with van der Waals surface area (Å²) in [6, 6.07) is 1.68. The van der Waals surface area contributed by atoms with Gasteiger partial charge in [-0.15, -0.1) is 0 Å². The maximum Gasteiger partial charge on any atom is 0.199 e. The Morgan fingerprint density at radius 3 is 2.93 bits per heavy atom. The van der Waals surface area contributed by atoms with Crippen LogP contribution in [0, 0.1) is 6.92 Å². The first-order valence-corrected chi connectivity index (χ1v) is 4.83. The van der Waals surface area contributed by atoms with Gasteiger partial charge in [0, 0.05) is 12.7 Å². The van der Waals surface area contributed by atoms with Crippen LogP contribution in [0.4, 0.5) is 0 Å². The maximum absolute atomic E-state index is 11.9. The molecule has 0 aromatic carbocycles. The Labute approximate surface area is 87.5 Å². The predicted molar refractivity (Wildman–Crippen MR) is 54.8 cm³/mol. The number of hydrogen-bond donors (Lipinski definition) is 0. The number of nitrogens with zero attached hydrogens (tertiary/aromatic N) is 2. The molecule has 0 N–H and O–H groups in total. The highest BCUT2D eigenvalue weighted by Crippen LogP contribution is 2.14. The van der Waals surface area contributed by atoms with Crippen LogP contribution in [-0.2, 0) is 6.54 Å². The van der Waals surface area contributed by atoms with Crippen molar-refractivity contribution in [3.8, 4) is 0 Å². The van der Waals surface area contributed by atoms with Crippen molar-refractivity contribution in [2.75, 3.05) is 0 Å². The van der Waals surface area contributed by atoms with Crippen LogP contribution in [0.15, 0.2) is 29.1 Å². The second-order valence-corrected chi connectivity index (χ2v) is 3.30. The lowest BCUT2D eigenvalue weighted by Crippen LogP contribution is -2.00. The third kappa shape index (κ3) is 1.70. The molecule has 0 aliphatic carbocycles. The number of rotatable bonds is 3. The quantitative estimate of drug-likeness (QED) is 0.719. The molecular formula is C11H12N2O2. The van der Waals surface area contributed by atoms with Gasteiger partial charge in [-0.2, -0.15) is 5.10 Å². The molecule has 0 aliphatic rings. The summed E-state index contributed by atoms with van der Waals surface area (Å²) in [7, 11) is 0. The average Bonchev–Trinajstić information content (AvgIpc) is 2.84. The van der Waals surface area contributed by atoms with Crippen molar-refractivity contribution in [3.63, 3.8) is 0 Å². The van der Waals surface area contributed by atoms with Crippen molar-refractivity contribution < 1.29 is 9.21 Å². The van der Waals surface area contributed by atoms with Gasteiger partial charge >= 0.3 is 0 Å². The number of aryl methyl sites for hydroxylation is 2. The second-order valence-electron chi connectivity index (χ2n) is 3.30. The number of ketones is 1. The number of aromatic nitrogens is 2. The molecule has 4 nitrogen and oxygen atoms in total. The molecule has 78 valence electrons. The summed E-state index contributed by atoms with van der Waals surface area (Å²) >= 11 is 0. The molecule has 2 rings (SSSR count). The first-order valence-electron chi connectivity index (χ1n) is 4.83. The molecule has 2 aromatic rings. The number of hydrogen-bond acceptors (Lipinski definition) is 3. The summed E-state index contributed by atoms with van der Waals surface area (Å²) in [6.45, 7) is 4.51. The van der Waals surface area contributed by atoms with Crippen LogP contribution in [-0.4, -0.2) is 15.6 Å². The number of carbonyl (C=O) groups excluding carboxylic acids is 1. The van der Waals surface area contributed by atoms with E-state index in [4.69, 9.17) is 4.42 Å². The van der Waals surface area contributed by atoms with Crippen molar-refractivity contribution >= 4 is 5.78 Å². The van der Waals surface area contributed by atoms with Crippen molar-refractivity contribution in [1.29, 1.82) is 0 Å². The Hall–Kier alpha value is -1.84. The van der Waals surface area contributed by atoms with Crippen molar-refractivity contribution in [1.82, 2.24) is 9.78 Å². The zero-order valence-corrected chi connectivity index (χ0v) is 8.73. The fourth-order valence-electron chi connectivity index (χ4n) is 1.43. The third-order valence-electron chi connectivity index (χ3n) is 2.32. The van der Waals surface area contributed by atoms with Gasteiger partial charge in [0.2, 0.25) is 0 Å². The van der Waals surface area contributed by atoms with Crippen LogP contribution in [0.3, 0.4) is 0 Å². The van der Waals surface area contributed by atoms with Gasteiger partial charge in [0.25, 0.3) is 0 Å². The molecule has 2 aromatic heterocycles. The molecular weight excluding hydrogens is 192 g/mol. The summed E-state index contributed by atoms with van der Waals surface area (Å²) in [6.07, 6.45) is 4.85. The summed E-state index contributed by atoms with van der Waals surface area (Å²) in [5.41, 5.74) is 1.20. The van der Waals surface area contributed by atoms with Crippen LogP contribution in [0.5, 0.6) is 0 Å². The molecule has 0 aliphatic heterocycles. The Bertz CT molecular complexity index is 482. The van der Waals surface area contributed by atoms with E-state index in [-0.39, 0.29) is 5.78 Å². The van der Waals surface area contributed by atoms with E-state index in [2.05, 4.69) is 5.10 Å². The SMILES string of the molecule is CCn1cc(C(=O)c2ccoc2C)cn1. The van der Waals surface area contributed by atoms with E-state index in [1.54, 1.807) is 30.1 Å². The molecule has 0 amide bonds. The highest BCUT2D eigenvalue weighted by Gasteiger charge is 2.15. The van der Waals surface area contributed by atoms with E-state index in [1.807, 2.05) is 6.92 Å². The topological polar surface area (TPSA) is 48.0 Å². The second kappa shape index (κ2) is 3.73. The lowest BCUT2D eigenvalue weighted by atomic mass is 10.1. The van der Waals surface area contributed by atoms with E-state index >= 15 is 0 Å². The standard InChI is InChI=1S/C11H12N2O2/c1-3-13-7-9(6-12-13)11(14)10-4-5-15-8(10)2/h4-7H,3H2,1-2H3. The first-order chi connectivity index (χ1) is 7.22. The lowest BCUT2D eigenvalue weighted by Gasteiger charge is -1.94. The van der Waals surface area contributed by atoms with E-state index in [1.165, 1.54) is 6.26 Å². The van der Waals surface area contributed by atoms with Crippen molar-refractivity contribution in [2.24, 2.45) is 0 Å². The predicted octanol–water partition coefficient (Wildman–Crippen LogP) is 2.04. The summed E-state index contributed by atoms with van der Waals surface area (Å²) in [5, 5.41) is 4.06. The molecule has 0 saturated heterocycles. The highest BCUT2D eigenvalue weighted by molar-refractivity contribution is 6.09. The molecule has 0 bridgehead atoms. The minimum Gasteiger partial charge on any atom is -0.469 e. The molecule has 0 atom stereocenters. The largest absolute Gasteiger partial charge is 0.469 e. The summed E-state index contributed by atoms with van der Waals surface area (Å²) in [4.78, 5) is 11.9. The van der Waals surface area contributed by atoms with Gasteiger partial charge in [-0.25, -0.2) is 0 Å². The van der Waals surface area contributed by atoms with Gasteiger partial charge in [0.15, 0.2) is 5.78 Å². The summed E-state index contributed by atoms with van der Waals surface area (Å²) in [5.74, 6) is 0.602. The van der Waals surface area contributed by atoms with Gasteiger partial charge in [0.05, 0.1) is 23.6 Å². The van der Waals surface area contributed by atoms with Crippen LogP contribution in [0.1, 0.15) is 28.6 Å². The van der Waals surface area contributed by atoms with Crippen molar-refractivity contribution in [3.05, 3.63) is 41.6 Å². The molecule has 0 fully saturated rings. The fourth-order valence-corrected chi connectivity index (χ4v) is 1.43. The molecule has 2 heterocycles. The van der Waals surface area contributed by atoms with Crippen LogP contribution in [0.2, 0.25) is 0 Å². The highest BCUT2D eigenvalue weighted by atomic mass is 16.3. The van der Waals surface area contributed by atoms with Gasteiger partial charge in [-0.1, -0.05) is 0 Å². The van der Waals surface area contributed by atoms with Gasteiger partial charge in [-0.05, 0) is 19.9 Å². The molecule has 4 heteroatoms. The Balaban J connectivity index is 2.32. The minimum absolute atomic E-state index is 0.0408. The fraction of sp³-hybridized carbons (Fsp3) is 0.273. The number of carbonyl (C=O) groups is 1. The Morgan fingerprint density at radius 1 is 1.60 bits per heavy atom. The van der Waals surface area contributed by atoms with E-state index < -0.39 is 0 Å². The van der Waals surface area contributed by atoms with E-state index in [0.717, 1.165) is 6.54 Å². The van der Waals surface area contributed by atoms with Crippen LogP contribution < -0.4 is 0 Å². The zero-order chi connectivity index (χ0) is 10.8. The average molecular weight is 204 g/mol. The molecule has 0 saturated carbocycles. The minimum atomic E-state index is -0.0408. The maximum atomic E-state index is 11.9. The zero-order valence-electron chi connectivity index (χ0n) is 8.73. The number of furan rings is 1. The molecule has 0 radical (unpaired) electrons. The normalized spacial score (nSPS) is 10.5. The molecule has 0 unspecified atom stereocenters. The van der Waals surface area contributed by atoms with Crippen LogP contribution in [0.25, 0.3) is 0 Å². The summed E-state index contributed by atoms with van der Waals surface area (Å²) < 4.78 is 6.82. The van der Waals surface area contributed by atoms with E-state index in [0.29, 0.717) is 16.9 Å². The van der Waals surface area contributed by atoms with Gasteiger partial charge in [-0.3, -0.25) is 9.48 Å². The third-order valence-corrected chi connectivity index (χ3v) is 2.32. The van der Waals surface area contributed by atoms with E-state index in [9.17, 15) is 4.79 Å². The lowest BCUT2D eigenvalue weighted by molar-refractivity contribution is 0.103. The van der Waals surface area contributed by atoms with Crippen molar-refractivity contribution in [2.45, 2.75) is 20.4 Å². The molecule has 0 spiro atoms.